The third-order valence-electron chi connectivity index (χ3n) is 6.41. The Balaban J connectivity index is 1.42. The van der Waals surface area contributed by atoms with E-state index in [0.29, 0.717) is 36.8 Å². The van der Waals surface area contributed by atoms with E-state index < -0.39 is 10.0 Å². The first-order valence-electron chi connectivity index (χ1n) is 12.5. The normalized spacial score (nSPS) is 15.3. The SMILES string of the molecule is O=S(=O)(c1ccc(N=c2scc(-c3cccc4ccccc34)n2N=Cc2ccccn2)cc1)N1CCOCC1. The fourth-order valence-corrected chi connectivity index (χ4v) is 6.69. The fraction of sp³-hybridized carbons (Fsp3) is 0.138. The van der Waals surface area contributed by atoms with E-state index in [1.165, 1.54) is 15.6 Å². The van der Waals surface area contributed by atoms with Gasteiger partial charge in [-0.2, -0.15) is 9.41 Å². The van der Waals surface area contributed by atoms with Crippen molar-refractivity contribution in [2.75, 3.05) is 26.3 Å². The number of hydrogen-bond donors (Lipinski definition) is 0. The van der Waals surface area contributed by atoms with Crippen molar-refractivity contribution < 1.29 is 13.2 Å². The van der Waals surface area contributed by atoms with E-state index >= 15 is 0 Å². The van der Waals surface area contributed by atoms with Gasteiger partial charge in [0.25, 0.3) is 0 Å². The van der Waals surface area contributed by atoms with Gasteiger partial charge in [-0.3, -0.25) is 4.98 Å². The molecule has 0 radical (unpaired) electrons. The van der Waals surface area contributed by atoms with Crippen molar-refractivity contribution in [1.82, 2.24) is 14.0 Å². The lowest BCUT2D eigenvalue weighted by molar-refractivity contribution is 0.0730. The second kappa shape index (κ2) is 11.0. The summed E-state index contributed by atoms with van der Waals surface area (Å²) in [4.78, 5) is 10.1. The van der Waals surface area contributed by atoms with Crippen LogP contribution in [0, 0.1) is 0 Å². The molecular formula is C29H25N5O3S2. The molecule has 0 bridgehead atoms. The molecule has 0 unspecified atom stereocenters. The number of hydrogen-bond acceptors (Lipinski definition) is 7. The van der Waals surface area contributed by atoms with Gasteiger partial charge in [-0.05, 0) is 47.2 Å². The third kappa shape index (κ3) is 5.32. The zero-order valence-corrected chi connectivity index (χ0v) is 22.6. The third-order valence-corrected chi connectivity index (χ3v) is 9.14. The van der Waals surface area contributed by atoms with Crippen LogP contribution in [0.25, 0.3) is 22.0 Å². The van der Waals surface area contributed by atoms with Gasteiger partial charge in [0.2, 0.25) is 14.8 Å². The number of ether oxygens (including phenoxy) is 1. The molecular weight excluding hydrogens is 530 g/mol. The van der Waals surface area contributed by atoms with Crippen molar-refractivity contribution in [3.05, 3.63) is 107 Å². The Morgan fingerprint density at radius 1 is 0.897 bits per heavy atom. The van der Waals surface area contributed by atoms with Crippen molar-refractivity contribution >= 4 is 44.0 Å². The lowest BCUT2D eigenvalue weighted by Crippen LogP contribution is -2.40. The summed E-state index contributed by atoms with van der Waals surface area (Å²) < 4.78 is 34.6. The van der Waals surface area contributed by atoms with Crippen LogP contribution in [0.1, 0.15) is 5.69 Å². The van der Waals surface area contributed by atoms with Crippen LogP contribution in [-0.4, -0.2) is 54.9 Å². The van der Waals surface area contributed by atoms with E-state index in [1.54, 1.807) is 41.4 Å². The molecule has 0 aliphatic carbocycles. The van der Waals surface area contributed by atoms with E-state index in [0.717, 1.165) is 27.7 Å². The van der Waals surface area contributed by atoms with E-state index in [2.05, 4.69) is 29.2 Å². The number of thiazole rings is 1. The largest absolute Gasteiger partial charge is 0.379 e. The maximum Gasteiger partial charge on any atom is 0.243 e. The Morgan fingerprint density at radius 3 is 2.46 bits per heavy atom. The summed E-state index contributed by atoms with van der Waals surface area (Å²) in [5, 5.41) is 9.05. The zero-order valence-electron chi connectivity index (χ0n) is 20.9. The number of sulfonamides is 1. The minimum atomic E-state index is -3.57. The molecule has 0 amide bonds. The van der Waals surface area contributed by atoms with E-state index in [4.69, 9.17) is 14.8 Å². The van der Waals surface area contributed by atoms with Crippen LogP contribution >= 0.6 is 11.3 Å². The van der Waals surface area contributed by atoms with Gasteiger partial charge < -0.3 is 4.74 Å². The molecule has 0 saturated carbocycles. The van der Waals surface area contributed by atoms with Crippen LogP contribution in [-0.2, 0) is 14.8 Å². The number of morpholine rings is 1. The molecule has 10 heteroatoms. The Morgan fingerprint density at radius 2 is 1.67 bits per heavy atom. The van der Waals surface area contributed by atoms with Crippen LogP contribution in [0.4, 0.5) is 5.69 Å². The predicted octanol–water partition coefficient (Wildman–Crippen LogP) is 4.90. The fourth-order valence-electron chi connectivity index (χ4n) is 4.43. The second-order valence-electron chi connectivity index (χ2n) is 8.86. The van der Waals surface area contributed by atoms with Crippen LogP contribution in [0.15, 0.2) is 111 Å². The monoisotopic (exact) mass is 555 g/mol. The van der Waals surface area contributed by atoms with Gasteiger partial charge in [0.05, 0.1) is 41.4 Å². The number of benzene rings is 3. The quantitative estimate of drug-likeness (QED) is 0.279. The number of nitrogens with zero attached hydrogens (tertiary/aromatic N) is 5. The van der Waals surface area contributed by atoms with Crippen LogP contribution in [0.2, 0.25) is 0 Å². The van der Waals surface area contributed by atoms with E-state index in [1.807, 2.05) is 41.8 Å². The number of pyridine rings is 1. The molecule has 5 aromatic rings. The summed E-state index contributed by atoms with van der Waals surface area (Å²) in [6.45, 7) is 1.52. The van der Waals surface area contributed by atoms with Crippen molar-refractivity contribution in [1.29, 1.82) is 0 Å². The summed E-state index contributed by atoms with van der Waals surface area (Å²) >= 11 is 1.46. The molecule has 3 aromatic carbocycles. The molecule has 1 fully saturated rings. The molecule has 39 heavy (non-hydrogen) atoms. The molecule has 6 rings (SSSR count). The zero-order chi connectivity index (χ0) is 26.7. The number of fused-ring (bicyclic) bond motifs is 1. The van der Waals surface area contributed by atoms with Gasteiger partial charge in [-0.1, -0.05) is 48.5 Å². The Labute approximate surface area is 230 Å². The van der Waals surface area contributed by atoms with Gasteiger partial charge >= 0.3 is 0 Å². The summed E-state index contributed by atoms with van der Waals surface area (Å²) in [7, 11) is -3.57. The molecule has 0 atom stereocenters. The van der Waals surface area contributed by atoms with Gasteiger partial charge in [-0.15, -0.1) is 11.3 Å². The first-order valence-corrected chi connectivity index (χ1v) is 14.8. The van der Waals surface area contributed by atoms with Gasteiger partial charge in [-0.25, -0.2) is 18.1 Å². The highest BCUT2D eigenvalue weighted by atomic mass is 32.2. The second-order valence-corrected chi connectivity index (χ2v) is 11.6. The average molecular weight is 556 g/mol. The minimum absolute atomic E-state index is 0.243. The highest BCUT2D eigenvalue weighted by molar-refractivity contribution is 7.89. The molecule has 1 aliphatic rings. The summed E-state index contributed by atoms with van der Waals surface area (Å²) in [6.07, 6.45) is 3.43. The smallest absolute Gasteiger partial charge is 0.243 e. The highest BCUT2D eigenvalue weighted by Gasteiger charge is 2.26. The van der Waals surface area contributed by atoms with Crippen LogP contribution in [0.3, 0.4) is 0 Å². The van der Waals surface area contributed by atoms with Crippen molar-refractivity contribution in [3.63, 3.8) is 0 Å². The Bertz CT molecular complexity index is 1800. The summed E-state index contributed by atoms with van der Waals surface area (Å²) in [6, 6.07) is 26.7. The van der Waals surface area contributed by atoms with Crippen molar-refractivity contribution in [3.8, 4) is 11.3 Å². The summed E-state index contributed by atoms with van der Waals surface area (Å²) in [5.74, 6) is 0. The van der Waals surface area contributed by atoms with Gasteiger partial charge in [0, 0.05) is 30.2 Å². The van der Waals surface area contributed by atoms with Crippen molar-refractivity contribution in [2.45, 2.75) is 4.90 Å². The van der Waals surface area contributed by atoms with Crippen LogP contribution < -0.4 is 4.80 Å². The molecule has 3 heterocycles. The maximum atomic E-state index is 13.0. The molecule has 8 nitrogen and oxygen atoms in total. The molecule has 2 aromatic heterocycles. The first-order chi connectivity index (χ1) is 19.1. The minimum Gasteiger partial charge on any atom is -0.379 e. The standard InChI is InChI=1S/C29H25N5O3S2/c35-39(36,33-16-18-37-19-17-33)25-13-11-23(12-14-25)32-29-34(31-20-24-8-3-4-15-30-24)28(21-38-29)27-10-5-7-22-6-1-2-9-26(22)27/h1-15,20-21H,16-19H2. The average Bonchev–Trinajstić information content (AvgIpc) is 3.39. The topological polar surface area (TPSA) is 89.2 Å². The Hall–Kier alpha value is -3.96. The lowest BCUT2D eigenvalue weighted by Gasteiger charge is -2.26. The summed E-state index contributed by atoms with van der Waals surface area (Å²) in [5.41, 5.74) is 3.29. The first kappa shape index (κ1) is 25.3. The molecule has 0 N–H and O–H groups in total. The van der Waals surface area contributed by atoms with E-state index in [9.17, 15) is 8.42 Å². The Kier molecular flexibility index (Phi) is 7.16. The van der Waals surface area contributed by atoms with Crippen LogP contribution in [0.5, 0.6) is 0 Å². The number of aromatic nitrogens is 2. The van der Waals surface area contributed by atoms with Gasteiger partial charge in [0.1, 0.15) is 0 Å². The molecule has 1 aliphatic heterocycles. The lowest BCUT2D eigenvalue weighted by atomic mass is 10.0. The maximum absolute atomic E-state index is 13.0. The predicted molar refractivity (Wildman–Crippen MR) is 154 cm³/mol. The molecule has 196 valence electrons. The molecule has 0 spiro atoms. The van der Waals surface area contributed by atoms with Crippen molar-refractivity contribution in [2.24, 2.45) is 10.1 Å². The van der Waals surface area contributed by atoms with Gasteiger partial charge in [0.15, 0.2) is 0 Å². The molecule has 1 saturated heterocycles. The highest BCUT2D eigenvalue weighted by Crippen LogP contribution is 2.29. The number of rotatable bonds is 6. The van der Waals surface area contributed by atoms with E-state index in [-0.39, 0.29) is 4.90 Å².